The Labute approximate surface area is 171 Å². The van der Waals surface area contributed by atoms with E-state index in [1.807, 2.05) is 0 Å². The number of carbonyl (C=O) groups excluding carboxylic acids is 1. The summed E-state index contributed by atoms with van der Waals surface area (Å²) in [5.74, 6) is 2.30. The van der Waals surface area contributed by atoms with Gasteiger partial charge in [0.2, 0.25) is 12.7 Å². The van der Waals surface area contributed by atoms with Gasteiger partial charge in [0.15, 0.2) is 11.5 Å². The number of nitrogens with one attached hydrogen (secondary N) is 1. The molecule has 29 heavy (non-hydrogen) atoms. The summed E-state index contributed by atoms with van der Waals surface area (Å²) < 4.78 is 12.7. The quantitative estimate of drug-likeness (QED) is 0.732. The zero-order valence-corrected chi connectivity index (χ0v) is 17.0. The summed E-state index contributed by atoms with van der Waals surface area (Å²) in [6, 6.07) is 4.18. The van der Waals surface area contributed by atoms with Gasteiger partial charge >= 0.3 is 0 Å². The van der Waals surface area contributed by atoms with E-state index < -0.39 is 0 Å². The summed E-state index contributed by atoms with van der Waals surface area (Å²) in [6.07, 6.45) is 6.81. The highest BCUT2D eigenvalue weighted by Crippen LogP contribution is 2.35. The van der Waals surface area contributed by atoms with Gasteiger partial charge in [0.05, 0.1) is 0 Å². The molecule has 1 saturated heterocycles. The van der Waals surface area contributed by atoms with Gasteiger partial charge in [-0.05, 0) is 61.9 Å². The van der Waals surface area contributed by atoms with Gasteiger partial charge in [-0.2, -0.15) is 5.10 Å². The van der Waals surface area contributed by atoms with Crippen molar-refractivity contribution in [3.8, 4) is 11.5 Å². The number of fused-ring (bicyclic) bond motifs is 1. The smallest absolute Gasteiger partial charge is 0.231 e. The standard InChI is InChI=1S/C21H29N5O3/c1-16-8-19-20(29-15-28-19)9-18(16)12-25-6-2-4-17(11-25)10-23-21(27)5-3-7-26-14-22-13-24-26/h8-9,13-14,17H,2-7,10-12,15H2,1H3,(H,23,27). The summed E-state index contributed by atoms with van der Waals surface area (Å²) >= 11 is 0. The van der Waals surface area contributed by atoms with Crippen molar-refractivity contribution in [3.05, 3.63) is 35.9 Å². The number of ether oxygens (including phenoxy) is 2. The Morgan fingerprint density at radius 1 is 1.31 bits per heavy atom. The average Bonchev–Trinajstić information content (AvgIpc) is 3.39. The maximum Gasteiger partial charge on any atom is 0.231 e. The molecule has 0 saturated carbocycles. The third-order valence-corrected chi connectivity index (χ3v) is 5.67. The van der Waals surface area contributed by atoms with Gasteiger partial charge in [0.1, 0.15) is 12.7 Å². The predicted octanol–water partition coefficient (Wildman–Crippen LogP) is 2.12. The van der Waals surface area contributed by atoms with Gasteiger partial charge in [0, 0.05) is 32.6 Å². The fourth-order valence-corrected chi connectivity index (χ4v) is 4.05. The van der Waals surface area contributed by atoms with E-state index in [1.165, 1.54) is 17.5 Å². The molecular formula is C21H29N5O3. The van der Waals surface area contributed by atoms with Crippen molar-refractivity contribution in [1.82, 2.24) is 25.0 Å². The van der Waals surface area contributed by atoms with E-state index in [9.17, 15) is 4.79 Å². The highest BCUT2D eigenvalue weighted by molar-refractivity contribution is 5.75. The molecule has 2 aliphatic heterocycles. The number of hydrogen-bond donors (Lipinski definition) is 1. The van der Waals surface area contributed by atoms with E-state index in [-0.39, 0.29) is 5.91 Å². The molecule has 0 radical (unpaired) electrons. The van der Waals surface area contributed by atoms with E-state index in [4.69, 9.17) is 9.47 Å². The number of piperidine rings is 1. The predicted molar refractivity (Wildman–Crippen MR) is 108 cm³/mol. The van der Waals surface area contributed by atoms with Crippen LogP contribution in [0.15, 0.2) is 24.8 Å². The third-order valence-electron chi connectivity index (χ3n) is 5.67. The van der Waals surface area contributed by atoms with Crippen LogP contribution in [0.2, 0.25) is 0 Å². The number of nitrogens with zero attached hydrogens (tertiary/aromatic N) is 4. The number of benzene rings is 1. The number of carbonyl (C=O) groups is 1. The topological polar surface area (TPSA) is 81.5 Å². The molecule has 2 aromatic rings. The summed E-state index contributed by atoms with van der Waals surface area (Å²) in [6.45, 7) is 6.91. The molecule has 0 bridgehead atoms. The lowest BCUT2D eigenvalue weighted by Crippen LogP contribution is -2.40. The molecule has 1 N–H and O–H groups in total. The van der Waals surface area contributed by atoms with Crippen LogP contribution in [0.1, 0.15) is 36.8 Å². The molecule has 1 fully saturated rings. The molecule has 1 unspecified atom stereocenters. The SMILES string of the molecule is Cc1cc2c(cc1CN1CCCC(CNC(=O)CCCn3cncn3)C1)OCO2. The lowest BCUT2D eigenvalue weighted by molar-refractivity contribution is -0.121. The number of rotatable bonds is 8. The van der Waals surface area contributed by atoms with Gasteiger partial charge in [-0.1, -0.05) is 0 Å². The molecular weight excluding hydrogens is 370 g/mol. The number of hydrogen-bond acceptors (Lipinski definition) is 6. The Bertz CT molecular complexity index is 824. The maximum atomic E-state index is 12.1. The van der Waals surface area contributed by atoms with Gasteiger partial charge in [-0.25, -0.2) is 4.98 Å². The molecule has 1 atom stereocenters. The first-order valence-corrected chi connectivity index (χ1v) is 10.4. The summed E-state index contributed by atoms with van der Waals surface area (Å²) in [5.41, 5.74) is 2.52. The monoisotopic (exact) mass is 399 g/mol. The number of likely N-dealkylation sites (tertiary alicyclic amines) is 1. The molecule has 156 valence electrons. The lowest BCUT2D eigenvalue weighted by Gasteiger charge is -2.33. The minimum atomic E-state index is 0.119. The Morgan fingerprint density at radius 3 is 3.00 bits per heavy atom. The first kappa shape index (κ1) is 19.7. The van der Waals surface area contributed by atoms with Crippen LogP contribution in [-0.4, -0.2) is 52.0 Å². The van der Waals surface area contributed by atoms with Crippen molar-refractivity contribution in [3.63, 3.8) is 0 Å². The second-order valence-electron chi connectivity index (χ2n) is 7.94. The van der Waals surface area contributed by atoms with E-state index in [1.54, 1.807) is 11.0 Å². The molecule has 1 aromatic carbocycles. The first-order chi connectivity index (χ1) is 14.2. The molecule has 8 nitrogen and oxygen atoms in total. The zero-order valence-electron chi connectivity index (χ0n) is 17.0. The molecule has 1 amide bonds. The van der Waals surface area contributed by atoms with Crippen LogP contribution in [0.4, 0.5) is 0 Å². The zero-order chi connectivity index (χ0) is 20.1. The van der Waals surface area contributed by atoms with Crippen molar-refractivity contribution in [2.24, 2.45) is 5.92 Å². The van der Waals surface area contributed by atoms with Gasteiger partial charge < -0.3 is 14.8 Å². The second kappa shape index (κ2) is 9.26. The van der Waals surface area contributed by atoms with E-state index in [0.29, 0.717) is 19.1 Å². The Kier molecular flexibility index (Phi) is 6.29. The van der Waals surface area contributed by atoms with Crippen molar-refractivity contribution >= 4 is 5.91 Å². The minimum Gasteiger partial charge on any atom is -0.454 e. The lowest BCUT2D eigenvalue weighted by atomic mass is 9.96. The maximum absolute atomic E-state index is 12.1. The number of aryl methyl sites for hydroxylation is 2. The van der Waals surface area contributed by atoms with Crippen molar-refractivity contribution < 1.29 is 14.3 Å². The van der Waals surface area contributed by atoms with Gasteiger partial charge in [-0.15, -0.1) is 0 Å². The normalized spacial score (nSPS) is 18.7. The van der Waals surface area contributed by atoms with Crippen LogP contribution in [0.5, 0.6) is 11.5 Å². The van der Waals surface area contributed by atoms with Gasteiger partial charge in [-0.3, -0.25) is 14.4 Å². The van der Waals surface area contributed by atoms with Crippen LogP contribution in [0.25, 0.3) is 0 Å². The van der Waals surface area contributed by atoms with Crippen LogP contribution in [0.3, 0.4) is 0 Å². The Balaban J connectivity index is 1.21. The molecule has 8 heteroatoms. The Hall–Kier alpha value is -2.61. The van der Waals surface area contributed by atoms with Crippen LogP contribution in [0, 0.1) is 12.8 Å². The van der Waals surface area contributed by atoms with Gasteiger partial charge in [0.25, 0.3) is 0 Å². The fourth-order valence-electron chi connectivity index (χ4n) is 4.05. The third kappa shape index (κ3) is 5.26. The summed E-state index contributed by atoms with van der Waals surface area (Å²) in [7, 11) is 0. The average molecular weight is 399 g/mol. The molecule has 4 rings (SSSR count). The molecule has 2 aliphatic rings. The van der Waals surface area contributed by atoms with Crippen LogP contribution in [-0.2, 0) is 17.9 Å². The highest BCUT2D eigenvalue weighted by atomic mass is 16.7. The molecule has 0 aliphatic carbocycles. The number of amides is 1. The fraction of sp³-hybridized carbons (Fsp3) is 0.571. The van der Waals surface area contributed by atoms with E-state index in [2.05, 4.69) is 39.4 Å². The second-order valence-corrected chi connectivity index (χ2v) is 7.94. The van der Waals surface area contributed by atoms with E-state index >= 15 is 0 Å². The Morgan fingerprint density at radius 2 is 2.17 bits per heavy atom. The summed E-state index contributed by atoms with van der Waals surface area (Å²) in [5, 5.41) is 7.17. The first-order valence-electron chi connectivity index (χ1n) is 10.4. The molecule has 1 aromatic heterocycles. The minimum absolute atomic E-state index is 0.119. The van der Waals surface area contributed by atoms with Crippen molar-refractivity contribution in [1.29, 1.82) is 0 Å². The number of aromatic nitrogens is 3. The van der Waals surface area contributed by atoms with Crippen molar-refractivity contribution in [2.75, 3.05) is 26.4 Å². The van der Waals surface area contributed by atoms with Crippen LogP contribution < -0.4 is 14.8 Å². The highest BCUT2D eigenvalue weighted by Gasteiger charge is 2.22. The van der Waals surface area contributed by atoms with E-state index in [0.717, 1.165) is 63.5 Å². The summed E-state index contributed by atoms with van der Waals surface area (Å²) in [4.78, 5) is 18.5. The molecule has 3 heterocycles. The van der Waals surface area contributed by atoms with Crippen LogP contribution >= 0.6 is 0 Å². The molecule has 0 spiro atoms. The largest absolute Gasteiger partial charge is 0.454 e. The van der Waals surface area contributed by atoms with Crippen molar-refractivity contribution in [2.45, 2.75) is 45.7 Å².